The fourth-order valence-corrected chi connectivity index (χ4v) is 6.25. The lowest BCUT2D eigenvalue weighted by atomic mass is 9.56. The number of hydrogen-bond acceptors (Lipinski definition) is 4. The van der Waals surface area contributed by atoms with Crippen LogP contribution in [0.25, 0.3) is 5.83 Å². The average molecular weight is 534 g/mol. The predicted molar refractivity (Wildman–Crippen MR) is 141 cm³/mol. The van der Waals surface area contributed by atoms with Gasteiger partial charge in [-0.3, -0.25) is 9.59 Å². The summed E-state index contributed by atoms with van der Waals surface area (Å²) < 4.78 is 21.3. The van der Waals surface area contributed by atoms with Gasteiger partial charge in [0.15, 0.2) is 0 Å². The van der Waals surface area contributed by atoms with E-state index in [1.165, 1.54) is 4.90 Å². The molecule has 0 aliphatic heterocycles. The van der Waals surface area contributed by atoms with Gasteiger partial charge in [0.2, 0.25) is 5.91 Å². The van der Waals surface area contributed by atoms with Crippen LogP contribution < -0.4 is 10.6 Å². The van der Waals surface area contributed by atoms with Crippen molar-refractivity contribution in [3.05, 3.63) is 39.9 Å². The zero-order chi connectivity index (χ0) is 27.2. The van der Waals surface area contributed by atoms with Crippen LogP contribution in [0.2, 0.25) is 5.02 Å². The first-order valence-electron chi connectivity index (χ1n) is 13.0. The highest BCUT2D eigenvalue weighted by Crippen LogP contribution is 2.57. The number of alkyl carbamates (subject to hydrolysis) is 1. The Labute approximate surface area is 223 Å². The highest BCUT2D eigenvalue weighted by atomic mass is 35.5. The third kappa shape index (κ3) is 5.64. The molecule has 1 unspecified atom stereocenters. The Bertz CT molecular complexity index is 1130. The smallest absolute Gasteiger partial charge is 0.407 e. The molecule has 7 nitrogen and oxygen atoms in total. The van der Waals surface area contributed by atoms with E-state index in [9.17, 15) is 14.4 Å². The maximum absolute atomic E-state index is 15.8. The Balaban J connectivity index is 1.58. The Kier molecular flexibility index (Phi) is 7.62. The highest BCUT2D eigenvalue weighted by Gasteiger charge is 2.49. The third-order valence-electron chi connectivity index (χ3n) is 7.80. The maximum Gasteiger partial charge on any atom is 0.407 e. The van der Waals surface area contributed by atoms with Crippen molar-refractivity contribution in [2.75, 3.05) is 14.1 Å². The third-order valence-corrected chi connectivity index (χ3v) is 8.03. The van der Waals surface area contributed by atoms with Gasteiger partial charge >= 0.3 is 6.09 Å². The molecule has 0 heterocycles. The molecule has 4 rings (SSSR count). The molecule has 9 heteroatoms. The molecule has 2 saturated carbocycles. The van der Waals surface area contributed by atoms with Gasteiger partial charge in [-0.15, -0.1) is 0 Å². The predicted octanol–water partition coefficient (Wildman–Crippen LogP) is 5.04. The summed E-state index contributed by atoms with van der Waals surface area (Å²) in [7, 11) is 3.40. The van der Waals surface area contributed by atoms with Crippen LogP contribution in [0.4, 0.5) is 9.18 Å². The second-order valence-corrected chi connectivity index (χ2v) is 12.3. The summed E-state index contributed by atoms with van der Waals surface area (Å²) >= 11 is 6.16. The van der Waals surface area contributed by atoms with Crippen molar-refractivity contribution in [2.24, 2.45) is 17.8 Å². The monoisotopic (exact) mass is 533 g/mol. The van der Waals surface area contributed by atoms with Gasteiger partial charge in [0.25, 0.3) is 5.91 Å². The van der Waals surface area contributed by atoms with Crippen LogP contribution in [0.3, 0.4) is 0 Å². The first-order chi connectivity index (χ1) is 17.3. The molecule has 2 fully saturated rings. The molecule has 0 bridgehead atoms. The van der Waals surface area contributed by atoms with Crippen molar-refractivity contribution >= 4 is 35.3 Å². The summed E-state index contributed by atoms with van der Waals surface area (Å²) in [6.07, 6.45) is 1.64. The van der Waals surface area contributed by atoms with Gasteiger partial charge in [-0.05, 0) is 76.0 Å². The number of benzene rings is 1. The molecule has 0 saturated heterocycles. The summed E-state index contributed by atoms with van der Waals surface area (Å²) in [5.74, 6) is -1.28. The molecule has 37 heavy (non-hydrogen) atoms. The SMILES string of the molecule is C[C@@H]1C[C@@H]2c3ccc(Cl)cc3C(F)=C(C(=O)N[C@H]3CC[C@H](C(=O)N(C)C)C[C@H]3NC(=O)OC(C)(C)C)C12. The number of nitrogens with zero attached hydrogens (tertiary/aromatic N) is 1. The number of nitrogens with one attached hydrogen (secondary N) is 2. The Morgan fingerprint density at radius 2 is 1.78 bits per heavy atom. The molecule has 2 N–H and O–H groups in total. The molecule has 202 valence electrons. The van der Waals surface area contributed by atoms with E-state index in [0.717, 1.165) is 12.0 Å². The van der Waals surface area contributed by atoms with E-state index in [-0.39, 0.29) is 35.2 Å². The Morgan fingerprint density at radius 1 is 1.08 bits per heavy atom. The number of hydrogen-bond donors (Lipinski definition) is 2. The van der Waals surface area contributed by atoms with Crippen molar-refractivity contribution in [2.45, 2.75) is 77.0 Å². The van der Waals surface area contributed by atoms with Crippen LogP contribution in [0, 0.1) is 17.8 Å². The van der Waals surface area contributed by atoms with E-state index in [2.05, 4.69) is 10.6 Å². The van der Waals surface area contributed by atoms with E-state index >= 15 is 4.39 Å². The molecule has 3 amide bonds. The topological polar surface area (TPSA) is 87.7 Å². The average Bonchev–Trinajstić information content (AvgIpc) is 2.79. The summed E-state index contributed by atoms with van der Waals surface area (Å²) in [5, 5.41) is 6.29. The summed E-state index contributed by atoms with van der Waals surface area (Å²) in [4.78, 5) is 40.5. The van der Waals surface area contributed by atoms with Gasteiger partial charge < -0.3 is 20.3 Å². The van der Waals surface area contributed by atoms with Crippen molar-refractivity contribution in [1.82, 2.24) is 15.5 Å². The Morgan fingerprint density at radius 3 is 2.41 bits per heavy atom. The molecule has 1 aromatic rings. The zero-order valence-corrected chi connectivity index (χ0v) is 23.1. The summed E-state index contributed by atoms with van der Waals surface area (Å²) in [6.45, 7) is 7.34. The standard InChI is InChI=1S/C28H37ClFN3O4/c1-14-11-18-17-9-8-16(29)13-19(17)24(30)23(22(14)18)25(34)31-20-10-7-15(26(35)33(5)6)12-21(20)32-27(36)37-28(2,3)4/h8-9,13-15,18,20-22H,7,10-12H2,1-6H3,(H,31,34)(H,32,36)/t14-,15+,18-,20+,21-,22?/m1/s1. The molecular formula is C28H37ClFN3O4. The van der Waals surface area contributed by atoms with Crippen LogP contribution in [-0.2, 0) is 14.3 Å². The lowest BCUT2D eigenvalue weighted by molar-refractivity contribution is -0.134. The number of carbonyl (C=O) groups is 3. The summed E-state index contributed by atoms with van der Waals surface area (Å²) in [5.41, 5.74) is 0.737. The number of fused-ring (bicyclic) bond motifs is 3. The van der Waals surface area contributed by atoms with Gasteiger partial charge in [0, 0.05) is 42.6 Å². The lowest BCUT2D eigenvalue weighted by Crippen LogP contribution is -2.57. The molecule has 1 aromatic carbocycles. The molecule has 3 aliphatic carbocycles. The van der Waals surface area contributed by atoms with E-state index in [0.29, 0.717) is 29.8 Å². The van der Waals surface area contributed by atoms with Gasteiger partial charge in [-0.1, -0.05) is 24.6 Å². The Hall–Kier alpha value is -2.61. The maximum atomic E-state index is 15.8. The zero-order valence-electron chi connectivity index (χ0n) is 22.4. The van der Waals surface area contributed by atoms with Crippen LogP contribution in [0.5, 0.6) is 0 Å². The second kappa shape index (κ2) is 10.3. The number of amides is 3. The highest BCUT2D eigenvalue weighted by molar-refractivity contribution is 6.30. The number of carbonyl (C=O) groups excluding carboxylic acids is 3. The van der Waals surface area contributed by atoms with Crippen molar-refractivity contribution < 1.29 is 23.5 Å². The van der Waals surface area contributed by atoms with Gasteiger partial charge in [-0.25, -0.2) is 9.18 Å². The quantitative estimate of drug-likeness (QED) is 0.567. The lowest BCUT2D eigenvalue weighted by Gasteiger charge is -2.48. The van der Waals surface area contributed by atoms with E-state index in [4.69, 9.17) is 16.3 Å². The molecule has 0 aromatic heterocycles. The van der Waals surface area contributed by atoms with Crippen LogP contribution in [0.1, 0.15) is 70.4 Å². The van der Waals surface area contributed by atoms with Crippen LogP contribution in [-0.4, -0.2) is 54.6 Å². The fraction of sp³-hybridized carbons (Fsp3) is 0.607. The van der Waals surface area contributed by atoms with Gasteiger partial charge in [0.05, 0.1) is 11.6 Å². The minimum absolute atomic E-state index is 0.0265. The van der Waals surface area contributed by atoms with E-state index in [1.807, 2.05) is 13.0 Å². The first-order valence-corrected chi connectivity index (χ1v) is 13.4. The molecule has 0 radical (unpaired) electrons. The molecule has 3 aliphatic rings. The molecular weight excluding hydrogens is 497 g/mol. The second-order valence-electron chi connectivity index (χ2n) is 11.9. The largest absolute Gasteiger partial charge is 0.444 e. The van der Waals surface area contributed by atoms with Crippen molar-refractivity contribution in [3.63, 3.8) is 0 Å². The normalized spacial score (nSPS) is 28.9. The van der Waals surface area contributed by atoms with Crippen molar-refractivity contribution in [1.29, 1.82) is 0 Å². The van der Waals surface area contributed by atoms with E-state index in [1.54, 1.807) is 47.0 Å². The molecule has 6 atom stereocenters. The fourth-order valence-electron chi connectivity index (χ4n) is 6.08. The van der Waals surface area contributed by atoms with Gasteiger partial charge in [-0.2, -0.15) is 0 Å². The number of rotatable bonds is 4. The first kappa shape index (κ1) is 27.4. The number of halogens is 2. The van der Waals surface area contributed by atoms with Crippen molar-refractivity contribution in [3.8, 4) is 0 Å². The minimum Gasteiger partial charge on any atom is -0.444 e. The number of ether oxygens (including phenoxy) is 1. The minimum atomic E-state index is -0.698. The van der Waals surface area contributed by atoms with Crippen LogP contribution in [0.15, 0.2) is 23.8 Å². The van der Waals surface area contributed by atoms with Gasteiger partial charge in [0.1, 0.15) is 11.4 Å². The summed E-state index contributed by atoms with van der Waals surface area (Å²) in [6, 6.07) is 4.20. The van der Waals surface area contributed by atoms with Crippen LogP contribution >= 0.6 is 11.6 Å². The molecule has 0 spiro atoms. The van der Waals surface area contributed by atoms with E-state index < -0.39 is 35.5 Å².